The van der Waals surface area contributed by atoms with Gasteiger partial charge in [0.1, 0.15) is 11.6 Å². The summed E-state index contributed by atoms with van der Waals surface area (Å²) in [6, 6.07) is 11.8. The van der Waals surface area contributed by atoms with E-state index in [1.807, 2.05) is 24.3 Å². The lowest BCUT2D eigenvalue weighted by atomic mass is 9.98. The molecule has 0 radical (unpaired) electrons. The van der Waals surface area contributed by atoms with Gasteiger partial charge in [-0.1, -0.05) is 35.9 Å². The molecule has 3 nitrogen and oxygen atoms in total. The Kier molecular flexibility index (Phi) is 4.95. The summed E-state index contributed by atoms with van der Waals surface area (Å²) in [6.45, 7) is 0. The average Bonchev–Trinajstić information content (AvgIpc) is 2.46. The molecule has 2 rings (SSSR count). The second-order valence-corrected chi connectivity index (χ2v) is 4.81. The zero-order valence-electron chi connectivity index (χ0n) is 11.1. The minimum atomic E-state index is -0.353. The van der Waals surface area contributed by atoms with Crippen molar-refractivity contribution in [2.75, 3.05) is 7.11 Å². The van der Waals surface area contributed by atoms with Crippen LogP contribution in [0.4, 0.5) is 4.39 Å². The fourth-order valence-electron chi connectivity index (χ4n) is 2.12. The van der Waals surface area contributed by atoms with Crippen molar-refractivity contribution in [2.24, 2.45) is 5.84 Å². The van der Waals surface area contributed by atoms with Gasteiger partial charge in [0.15, 0.2) is 0 Å². The van der Waals surface area contributed by atoms with Gasteiger partial charge in [0.05, 0.1) is 13.2 Å². The average molecular weight is 295 g/mol. The molecule has 1 atom stereocenters. The van der Waals surface area contributed by atoms with Gasteiger partial charge in [-0.2, -0.15) is 0 Å². The highest BCUT2D eigenvalue weighted by Crippen LogP contribution is 2.29. The van der Waals surface area contributed by atoms with E-state index in [9.17, 15) is 4.39 Å². The molecule has 0 saturated heterocycles. The van der Waals surface area contributed by atoms with Crippen LogP contribution >= 0.6 is 11.6 Å². The van der Waals surface area contributed by atoms with Crippen LogP contribution in [-0.2, 0) is 6.42 Å². The zero-order valence-corrected chi connectivity index (χ0v) is 11.8. The maximum absolute atomic E-state index is 13.1. The summed E-state index contributed by atoms with van der Waals surface area (Å²) >= 11 is 6.05. The number of halogens is 2. The molecule has 106 valence electrons. The zero-order chi connectivity index (χ0) is 14.5. The van der Waals surface area contributed by atoms with Gasteiger partial charge in [-0.25, -0.2) is 4.39 Å². The van der Waals surface area contributed by atoms with Crippen LogP contribution in [0.2, 0.25) is 5.02 Å². The van der Waals surface area contributed by atoms with E-state index in [0.717, 1.165) is 16.9 Å². The number of nitrogens with one attached hydrogen (secondary N) is 1. The predicted molar refractivity (Wildman–Crippen MR) is 78.2 cm³/mol. The van der Waals surface area contributed by atoms with Gasteiger partial charge in [-0.3, -0.25) is 11.3 Å². The lowest BCUT2D eigenvalue weighted by molar-refractivity contribution is 0.399. The standard InChI is InChI=1S/C15H16ClFN2O/c1-20-15-5-3-2-4-12(15)14(19-18)8-10-6-7-11(17)9-13(10)16/h2-7,9,14,19H,8,18H2,1H3. The van der Waals surface area contributed by atoms with Crippen molar-refractivity contribution in [1.29, 1.82) is 0 Å². The third-order valence-corrected chi connectivity index (χ3v) is 3.51. The topological polar surface area (TPSA) is 47.3 Å². The highest BCUT2D eigenvalue weighted by atomic mass is 35.5. The van der Waals surface area contributed by atoms with Crippen molar-refractivity contribution in [3.05, 3.63) is 64.4 Å². The maximum Gasteiger partial charge on any atom is 0.124 e. The number of hydrogen-bond donors (Lipinski definition) is 2. The van der Waals surface area contributed by atoms with Gasteiger partial charge in [-0.05, 0) is 30.2 Å². The Balaban J connectivity index is 2.29. The van der Waals surface area contributed by atoms with Gasteiger partial charge in [-0.15, -0.1) is 0 Å². The van der Waals surface area contributed by atoms with Crippen LogP contribution < -0.4 is 16.0 Å². The first-order chi connectivity index (χ1) is 9.65. The van der Waals surface area contributed by atoms with Gasteiger partial charge in [0, 0.05) is 10.6 Å². The lowest BCUT2D eigenvalue weighted by Crippen LogP contribution is -2.30. The van der Waals surface area contributed by atoms with Gasteiger partial charge in [0.25, 0.3) is 0 Å². The molecule has 2 aromatic rings. The molecule has 0 saturated carbocycles. The fourth-order valence-corrected chi connectivity index (χ4v) is 2.36. The summed E-state index contributed by atoms with van der Waals surface area (Å²) in [6.07, 6.45) is 0.538. The first kappa shape index (κ1) is 14.8. The number of ether oxygens (including phenoxy) is 1. The van der Waals surface area contributed by atoms with E-state index in [0.29, 0.717) is 11.4 Å². The Morgan fingerprint density at radius 1 is 1.30 bits per heavy atom. The summed E-state index contributed by atoms with van der Waals surface area (Å²) in [4.78, 5) is 0. The molecular weight excluding hydrogens is 279 g/mol. The molecule has 0 fully saturated rings. The molecule has 0 aliphatic heterocycles. The number of benzene rings is 2. The molecule has 0 aromatic heterocycles. The quantitative estimate of drug-likeness (QED) is 0.657. The molecule has 0 amide bonds. The number of para-hydroxylation sites is 1. The van der Waals surface area contributed by atoms with E-state index in [4.69, 9.17) is 22.2 Å². The molecular formula is C15H16ClFN2O. The Morgan fingerprint density at radius 2 is 2.05 bits per heavy atom. The molecule has 1 unspecified atom stereocenters. The molecule has 0 heterocycles. The molecule has 0 aliphatic carbocycles. The second kappa shape index (κ2) is 6.70. The third-order valence-electron chi connectivity index (χ3n) is 3.15. The van der Waals surface area contributed by atoms with E-state index in [-0.39, 0.29) is 11.9 Å². The summed E-state index contributed by atoms with van der Waals surface area (Å²) < 4.78 is 18.4. The van der Waals surface area contributed by atoms with Gasteiger partial charge in [0.2, 0.25) is 0 Å². The highest BCUT2D eigenvalue weighted by molar-refractivity contribution is 6.31. The molecule has 0 aliphatic rings. The molecule has 0 spiro atoms. The van der Waals surface area contributed by atoms with Crippen LogP contribution in [0.3, 0.4) is 0 Å². The third kappa shape index (κ3) is 3.28. The largest absolute Gasteiger partial charge is 0.496 e. The van der Waals surface area contributed by atoms with Crippen LogP contribution in [0, 0.1) is 5.82 Å². The lowest BCUT2D eigenvalue weighted by Gasteiger charge is -2.19. The first-order valence-corrected chi connectivity index (χ1v) is 6.56. The summed E-state index contributed by atoms with van der Waals surface area (Å²) in [7, 11) is 1.61. The molecule has 0 bridgehead atoms. The van der Waals surface area contributed by atoms with E-state index in [2.05, 4.69) is 5.43 Å². The molecule has 2 aromatic carbocycles. The van der Waals surface area contributed by atoms with Crippen molar-refractivity contribution in [3.8, 4) is 5.75 Å². The second-order valence-electron chi connectivity index (χ2n) is 4.40. The van der Waals surface area contributed by atoms with E-state index in [1.54, 1.807) is 13.2 Å². The van der Waals surface area contributed by atoms with Crippen LogP contribution in [-0.4, -0.2) is 7.11 Å². The molecule has 20 heavy (non-hydrogen) atoms. The van der Waals surface area contributed by atoms with Gasteiger partial charge < -0.3 is 4.74 Å². The van der Waals surface area contributed by atoms with Crippen molar-refractivity contribution >= 4 is 11.6 Å². The maximum atomic E-state index is 13.1. The number of nitrogens with two attached hydrogens (primary N) is 1. The minimum absolute atomic E-state index is 0.172. The fraction of sp³-hybridized carbons (Fsp3) is 0.200. The van der Waals surface area contributed by atoms with Crippen LogP contribution in [0.1, 0.15) is 17.2 Å². The number of hydrazine groups is 1. The van der Waals surface area contributed by atoms with Crippen molar-refractivity contribution in [3.63, 3.8) is 0 Å². The molecule has 3 N–H and O–H groups in total. The van der Waals surface area contributed by atoms with E-state index < -0.39 is 0 Å². The van der Waals surface area contributed by atoms with E-state index >= 15 is 0 Å². The van der Waals surface area contributed by atoms with E-state index in [1.165, 1.54) is 12.1 Å². The number of rotatable bonds is 5. The van der Waals surface area contributed by atoms with Crippen LogP contribution in [0.5, 0.6) is 5.75 Å². The number of methoxy groups -OCH3 is 1. The first-order valence-electron chi connectivity index (χ1n) is 6.18. The van der Waals surface area contributed by atoms with Crippen LogP contribution in [0.15, 0.2) is 42.5 Å². The van der Waals surface area contributed by atoms with Gasteiger partial charge >= 0.3 is 0 Å². The summed E-state index contributed by atoms with van der Waals surface area (Å²) in [5, 5.41) is 0.389. The summed E-state index contributed by atoms with van der Waals surface area (Å²) in [5.74, 6) is 6.02. The smallest absolute Gasteiger partial charge is 0.124 e. The normalized spacial score (nSPS) is 12.2. The Bertz CT molecular complexity index is 592. The van der Waals surface area contributed by atoms with Crippen molar-refractivity contribution in [2.45, 2.75) is 12.5 Å². The van der Waals surface area contributed by atoms with Crippen molar-refractivity contribution in [1.82, 2.24) is 5.43 Å². The Hall–Kier alpha value is -1.62. The monoisotopic (exact) mass is 294 g/mol. The summed E-state index contributed by atoms with van der Waals surface area (Å²) in [5.41, 5.74) is 4.50. The highest BCUT2D eigenvalue weighted by Gasteiger charge is 2.16. The predicted octanol–water partition coefficient (Wildman–Crippen LogP) is 3.23. The number of hydrogen-bond acceptors (Lipinski definition) is 3. The Labute approximate surface area is 122 Å². The minimum Gasteiger partial charge on any atom is -0.496 e. The van der Waals surface area contributed by atoms with Crippen molar-refractivity contribution < 1.29 is 9.13 Å². The molecule has 5 heteroatoms. The SMILES string of the molecule is COc1ccccc1C(Cc1ccc(F)cc1Cl)NN. The Morgan fingerprint density at radius 3 is 2.70 bits per heavy atom. The van der Waals surface area contributed by atoms with Crippen LogP contribution in [0.25, 0.3) is 0 Å².